The van der Waals surface area contributed by atoms with Gasteiger partial charge in [0, 0.05) is 12.1 Å². The maximum Gasteiger partial charge on any atom is 0.0120 e. The van der Waals surface area contributed by atoms with Crippen LogP contribution in [0.2, 0.25) is 0 Å². The minimum atomic E-state index is 0.722. The van der Waals surface area contributed by atoms with E-state index in [1.54, 1.807) is 0 Å². The highest BCUT2D eigenvalue weighted by Gasteiger charge is 2.29. The quantitative estimate of drug-likeness (QED) is 0.717. The summed E-state index contributed by atoms with van der Waals surface area (Å²) in [7, 11) is 0. The average molecular weight is 264 g/mol. The Balaban J connectivity index is 1.75. The van der Waals surface area contributed by atoms with Crippen molar-refractivity contribution in [2.24, 2.45) is 5.92 Å². The summed E-state index contributed by atoms with van der Waals surface area (Å²) in [5, 5.41) is 0. The highest BCUT2D eigenvalue weighted by molar-refractivity contribution is 5.02. The van der Waals surface area contributed by atoms with E-state index < -0.39 is 0 Å². The van der Waals surface area contributed by atoms with Crippen molar-refractivity contribution in [1.82, 2.24) is 9.80 Å². The van der Waals surface area contributed by atoms with E-state index in [0.717, 1.165) is 24.4 Å². The van der Waals surface area contributed by atoms with Crippen LogP contribution in [0, 0.1) is 5.92 Å². The van der Waals surface area contributed by atoms with Gasteiger partial charge >= 0.3 is 0 Å². The van der Waals surface area contributed by atoms with Gasteiger partial charge in [-0.2, -0.15) is 0 Å². The van der Waals surface area contributed by atoms with Crippen molar-refractivity contribution in [3.05, 3.63) is 12.2 Å². The van der Waals surface area contributed by atoms with Crippen molar-refractivity contribution in [2.75, 3.05) is 26.2 Å². The molecule has 0 bridgehead atoms. The number of allylic oxidation sites excluding steroid dienone is 1. The molecule has 0 aromatic carbocycles. The maximum absolute atomic E-state index is 4.24. The predicted molar refractivity (Wildman–Crippen MR) is 83.5 cm³/mol. The zero-order chi connectivity index (χ0) is 13.8. The van der Waals surface area contributed by atoms with E-state index >= 15 is 0 Å². The van der Waals surface area contributed by atoms with Crippen LogP contribution in [-0.4, -0.2) is 48.1 Å². The first kappa shape index (κ1) is 15.1. The molecule has 2 aliphatic rings. The lowest BCUT2D eigenvalue weighted by atomic mass is 9.87. The van der Waals surface area contributed by atoms with Crippen LogP contribution >= 0.6 is 0 Å². The third-order valence-corrected chi connectivity index (χ3v) is 5.31. The minimum absolute atomic E-state index is 0.722. The van der Waals surface area contributed by atoms with Crippen LogP contribution in [0.15, 0.2) is 12.2 Å². The molecule has 2 heteroatoms. The Labute approximate surface area is 119 Å². The summed E-state index contributed by atoms with van der Waals surface area (Å²) in [4.78, 5) is 5.39. The lowest BCUT2D eigenvalue weighted by molar-refractivity contribution is 0.0712. The summed E-state index contributed by atoms with van der Waals surface area (Å²) in [6.45, 7) is 16.3. The Hall–Kier alpha value is -0.340. The number of hydrogen-bond donors (Lipinski definition) is 0. The molecule has 2 fully saturated rings. The molecule has 0 radical (unpaired) electrons. The van der Waals surface area contributed by atoms with Crippen molar-refractivity contribution < 1.29 is 0 Å². The van der Waals surface area contributed by atoms with E-state index in [0.29, 0.717) is 0 Å². The van der Waals surface area contributed by atoms with Gasteiger partial charge in [-0.3, -0.25) is 0 Å². The topological polar surface area (TPSA) is 6.48 Å². The monoisotopic (exact) mass is 264 g/mol. The molecule has 0 unspecified atom stereocenters. The van der Waals surface area contributed by atoms with Crippen molar-refractivity contribution in [1.29, 1.82) is 0 Å². The molecule has 0 aromatic heterocycles. The fourth-order valence-corrected chi connectivity index (χ4v) is 3.73. The SMILES string of the molecule is C=C(CC)C1CCN(C2CCN(C(C)C)CC2)CC1. The highest BCUT2D eigenvalue weighted by Crippen LogP contribution is 2.28. The second-order valence-electron chi connectivity index (χ2n) is 6.68. The summed E-state index contributed by atoms with van der Waals surface area (Å²) in [5.41, 5.74) is 1.48. The minimum Gasteiger partial charge on any atom is -0.301 e. The zero-order valence-corrected chi connectivity index (χ0v) is 13.2. The van der Waals surface area contributed by atoms with Gasteiger partial charge in [0.25, 0.3) is 0 Å². The standard InChI is InChI=1S/C17H32N2/c1-5-15(4)16-6-10-19(11-7-16)17-8-12-18(13-9-17)14(2)3/h14,16-17H,4-13H2,1-3H3. The van der Waals surface area contributed by atoms with Gasteiger partial charge in [-0.15, -0.1) is 0 Å². The second-order valence-corrected chi connectivity index (χ2v) is 6.68. The van der Waals surface area contributed by atoms with Crippen molar-refractivity contribution >= 4 is 0 Å². The van der Waals surface area contributed by atoms with Gasteiger partial charge in [-0.1, -0.05) is 19.1 Å². The summed E-state index contributed by atoms with van der Waals surface area (Å²) in [6.07, 6.45) is 6.60. The molecule has 0 spiro atoms. The Bertz CT molecular complexity index is 282. The first-order chi connectivity index (χ1) is 9.11. The molecule has 2 heterocycles. The molecule has 0 saturated carbocycles. The van der Waals surface area contributed by atoms with Crippen molar-refractivity contribution in [3.63, 3.8) is 0 Å². The van der Waals surface area contributed by atoms with Gasteiger partial charge in [-0.05, 0) is 78.0 Å². The smallest absolute Gasteiger partial charge is 0.0120 e. The van der Waals surface area contributed by atoms with Gasteiger partial charge in [0.05, 0.1) is 0 Å². The van der Waals surface area contributed by atoms with Crippen LogP contribution in [0.1, 0.15) is 52.9 Å². The Morgan fingerprint density at radius 3 is 2.11 bits per heavy atom. The van der Waals surface area contributed by atoms with E-state index in [-0.39, 0.29) is 0 Å². The summed E-state index contributed by atoms with van der Waals surface area (Å²) < 4.78 is 0. The average Bonchev–Trinajstić information content (AvgIpc) is 2.46. The van der Waals surface area contributed by atoms with Crippen LogP contribution in [0.4, 0.5) is 0 Å². The molecule has 2 rings (SSSR count). The van der Waals surface area contributed by atoms with E-state index in [4.69, 9.17) is 0 Å². The number of nitrogens with zero attached hydrogens (tertiary/aromatic N) is 2. The Kier molecular flexibility index (Phi) is 5.47. The third-order valence-electron chi connectivity index (χ3n) is 5.31. The summed E-state index contributed by atoms with van der Waals surface area (Å²) in [6, 6.07) is 1.57. The Morgan fingerprint density at radius 1 is 1.05 bits per heavy atom. The molecule has 0 atom stereocenters. The Morgan fingerprint density at radius 2 is 1.63 bits per heavy atom. The number of likely N-dealkylation sites (tertiary alicyclic amines) is 2. The van der Waals surface area contributed by atoms with Crippen LogP contribution in [-0.2, 0) is 0 Å². The van der Waals surface area contributed by atoms with Crippen molar-refractivity contribution in [2.45, 2.75) is 65.0 Å². The lowest BCUT2D eigenvalue weighted by Gasteiger charge is -2.43. The molecule has 19 heavy (non-hydrogen) atoms. The van der Waals surface area contributed by atoms with Gasteiger partial charge in [0.2, 0.25) is 0 Å². The largest absolute Gasteiger partial charge is 0.301 e. The molecule has 0 aliphatic carbocycles. The number of hydrogen-bond acceptors (Lipinski definition) is 2. The van der Waals surface area contributed by atoms with Gasteiger partial charge in [-0.25, -0.2) is 0 Å². The van der Waals surface area contributed by atoms with Crippen LogP contribution in [0.3, 0.4) is 0 Å². The number of piperidine rings is 2. The summed E-state index contributed by atoms with van der Waals surface area (Å²) >= 11 is 0. The van der Waals surface area contributed by atoms with Gasteiger partial charge in [0.15, 0.2) is 0 Å². The highest BCUT2D eigenvalue weighted by atomic mass is 15.2. The first-order valence-corrected chi connectivity index (χ1v) is 8.27. The maximum atomic E-state index is 4.24. The van der Waals surface area contributed by atoms with Gasteiger partial charge in [0.1, 0.15) is 0 Å². The molecular weight excluding hydrogens is 232 g/mol. The molecular formula is C17H32N2. The van der Waals surface area contributed by atoms with E-state index in [1.807, 2.05) is 0 Å². The number of rotatable bonds is 4. The molecule has 2 aliphatic heterocycles. The van der Waals surface area contributed by atoms with Crippen LogP contribution in [0.25, 0.3) is 0 Å². The van der Waals surface area contributed by atoms with Crippen LogP contribution < -0.4 is 0 Å². The molecule has 0 amide bonds. The van der Waals surface area contributed by atoms with Crippen molar-refractivity contribution in [3.8, 4) is 0 Å². The molecule has 0 aromatic rings. The molecule has 110 valence electrons. The fraction of sp³-hybridized carbons (Fsp3) is 0.882. The second kappa shape index (κ2) is 6.90. The zero-order valence-electron chi connectivity index (χ0n) is 13.2. The predicted octanol–water partition coefficient (Wildman–Crippen LogP) is 3.54. The van der Waals surface area contributed by atoms with E-state index in [2.05, 4.69) is 37.1 Å². The lowest BCUT2D eigenvalue weighted by Crippen LogP contribution is -2.49. The molecule has 2 nitrogen and oxygen atoms in total. The van der Waals surface area contributed by atoms with E-state index in [1.165, 1.54) is 57.4 Å². The van der Waals surface area contributed by atoms with E-state index in [9.17, 15) is 0 Å². The normalized spacial score (nSPS) is 25.1. The van der Waals surface area contributed by atoms with Crippen LogP contribution in [0.5, 0.6) is 0 Å². The molecule has 0 N–H and O–H groups in total. The first-order valence-electron chi connectivity index (χ1n) is 8.27. The fourth-order valence-electron chi connectivity index (χ4n) is 3.73. The molecule has 2 saturated heterocycles. The third kappa shape index (κ3) is 3.82. The summed E-state index contributed by atoms with van der Waals surface area (Å²) in [5.74, 6) is 0.803. The van der Waals surface area contributed by atoms with Gasteiger partial charge < -0.3 is 9.80 Å².